The minimum Gasteiger partial charge on any atom is -0.356 e. The number of amides is 2. The van der Waals surface area contributed by atoms with E-state index >= 15 is 0 Å². The molecule has 2 aromatic rings. The van der Waals surface area contributed by atoms with E-state index in [0.717, 1.165) is 16.9 Å². The molecule has 1 unspecified atom stereocenters. The van der Waals surface area contributed by atoms with Crippen LogP contribution in [-0.2, 0) is 16.1 Å². The Morgan fingerprint density at radius 1 is 1.00 bits per heavy atom. The number of nitrogens with one attached hydrogen (secondary N) is 2. The van der Waals surface area contributed by atoms with Crippen molar-refractivity contribution in [3.05, 3.63) is 59.7 Å². The van der Waals surface area contributed by atoms with Gasteiger partial charge in [0.1, 0.15) is 0 Å². The Morgan fingerprint density at radius 3 is 2.23 bits per heavy atom. The van der Waals surface area contributed by atoms with E-state index < -0.39 is 11.8 Å². The molecule has 4 rings (SSSR count). The van der Waals surface area contributed by atoms with Crippen LogP contribution in [0, 0.1) is 5.92 Å². The molecule has 6 heteroatoms. The summed E-state index contributed by atoms with van der Waals surface area (Å²) in [6.45, 7) is 0.386. The van der Waals surface area contributed by atoms with E-state index in [4.69, 9.17) is 0 Å². The van der Waals surface area contributed by atoms with Crippen LogP contribution in [-0.4, -0.2) is 28.6 Å². The summed E-state index contributed by atoms with van der Waals surface area (Å²) in [6, 6.07) is 16.3. The summed E-state index contributed by atoms with van der Waals surface area (Å²) in [5, 5.41) is 16.8. The molecular weight excluding hydrogens is 378 g/mol. The van der Waals surface area contributed by atoms with Crippen molar-refractivity contribution in [3.63, 3.8) is 0 Å². The summed E-state index contributed by atoms with van der Waals surface area (Å²) in [5.41, 5.74) is 4.24. The molecule has 1 saturated carbocycles. The number of hydroxylamine groups is 2. The predicted molar refractivity (Wildman–Crippen MR) is 115 cm³/mol. The average molecular weight is 408 g/mol. The Morgan fingerprint density at radius 2 is 1.63 bits per heavy atom. The highest BCUT2D eigenvalue weighted by molar-refractivity contribution is 5.88. The van der Waals surface area contributed by atoms with Gasteiger partial charge in [-0.25, -0.2) is 5.06 Å². The molecule has 158 valence electrons. The Kier molecular flexibility index (Phi) is 6.33. The zero-order chi connectivity index (χ0) is 20.9. The van der Waals surface area contributed by atoms with Crippen molar-refractivity contribution in [3.8, 4) is 0 Å². The zero-order valence-electron chi connectivity index (χ0n) is 17.1. The van der Waals surface area contributed by atoms with E-state index in [-0.39, 0.29) is 25.4 Å². The molecule has 0 radical (unpaired) electrons. The molecule has 1 aliphatic carbocycles. The van der Waals surface area contributed by atoms with Crippen molar-refractivity contribution in [2.24, 2.45) is 5.92 Å². The van der Waals surface area contributed by atoms with Crippen molar-refractivity contribution < 1.29 is 14.8 Å². The van der Waals surface area contributed by atoms with Crippen molar-refractivity contribution in [1.29, 1.82) is 0 Å². The minimum atomic E-state index is -0.486. The number of carbonyl (C=O) groups is 2. The maximum atomic E-state index is 12.2. The highest BCUT2D eigenvalue weighted by Gasteiger charge is 2.31. The lowest BCUT2D eigenvalue weighted by molar-refractivity contribution is -0.172. The smallest absolute Gasteiger partial charge is 0.251 e. The third-order valence-electron chi connectivity index (χ3n) is 6.14. The number of nitrogens with zero attached hydrogens (tertiary/aromatic N) is 1. The molecule has 2 amide bonds. The van der Waals surface area contributed by atoms with Gasteiger partial charge in [0, 0.05) is 24.3 Å². The Bertz CT molecular complexity index is 874. The first-order valence-corrected chi connectivity index (χ1v) is 10.8. The third kappa shape index (κ3) is 5.00. The van der Waals surface area contributed by atoms with E-state index in [1.54, 1.807) is 0 Å². The maximum absolute atomic E-state index is 12.2. The molecule has 1 saturated heterocycles. The van der Waals surface area contributed by atoms with E-state index in [1.165, 1.54) is 37.7 Å². The molecule has 2 fully saturated rings. The molecule has 0 aromatic heterocycles. The van der Waals surface area contributed by atoms with Gasteiger partial charge in [-0.15, -0.1) is 0 Å². The van der Waals surface area contributed by atoms with Crippen LogP contribution in [0.2, 0.25) is 0 Å². The van der Waals surface area contributed by atoms with Crippen molar-refractivity contribution in [2.75, 3.05) is 11.9 Å². The number of hydrogen-bond donors (Lipinski definition) is 3. The fourth-order valence-corrected chi connectivity index (χ4v) is 4.38. The Hall–Kier alpha value is -2.86. The van der Waals surface area contributed by atoms with Crippen LogP contribution in [0.1, 0.15) is 55.6 Å². The number of carbonyl (C=O) groups excluding carboxylic acids is 2. The standard InChI is InChI=1S/C24H29N3O3/c28-23-14-20(15-25-23)24(29)27(30)16-17-6-10-21(11-7-17)26-22-12-8-19(9-13-22)18-4-2-1-3-5-18/h6-13,18,20,26,30H,1-5,14-16H2,(H,25,28). The van der Waals surface area contributed by atoms with Gasteiger partial charge in [0.15, 0.2) is 0 Å². The second-order valence-electron chi connectivity index (χ2n) is 8.38. The van der Waals surface area contributed by atoms with Gasteiger partial charge in [-0.1, -0.05) is 43.5 Å². The second kappa shape index (κ2) is 9.30. The van der Waals surface area contributed by atoms with Gasteiger partial charge in [0.25, 0.3) is 5.91 Å². The van der Waals surface area contributed by atoms with Crippen LogP contribution in [0.25, 0.3) is 0 Å². The predicted octanol–water partition coefficient (Wildman–Crippen LogP) is 4.33. The van der Waals surface area contributed by atoms with Gasteiger partial charge >= 0.3 is 0 Å². The highest BCUT2D eigenvalue weighted by atomic mass is 16.5. The molecule has 6 nitrogen and oxygen atoms in total. The van der Waals surface area contributed by atoms with Gasteiger partial charge in [-0.3, -0.25) is 14.8 Å². The van der Waals surface area contributed by atoms with E-state index in [2.05, 4.69) is 34.9 Å². The molecule has 1 atom stereocenters. The summed E-state index contributed by atoms with van der Waals surface area (Å²) in [4.78, 5) is 23.5. The van der Waals surface area contributed by atoms with Crippen LogP contribution < -0.4 is 10.6 Å². The lowest BCUT2D eigenvalue weighted by atomic mass is 9.84. The van der Waals surface area contributed by atoms with Crippen LogP contribution >= 0.6 is 0 Å². The van der Waals surface area contributed by atoms with Gasteiger partial charge in [0.2, 0.25) is 5.91 Å². The first kappa shape index (κ1) is 20.4. The lowest BCUT2D eigenvalue weighted by Crippen LogP contribution is -2.34. The van der Waals surface area contributed by atoms with Crippen molar-refractivity contribution >= 4 is 23.2 Å². The first-order valence-electron chi connectivity index (χ1n) is 10.8. The SMILES string of the molecule is O=C1CC(C(=O)N(O)Cc2ccc(Nc3ccc(C4CCCCC4)cc3)cc2)CN1. The number of rotatable bonds is 6. The Labute approximate surface area is 177 Å². The largest absolute Gasteiger partial charge is 0.356 e. The summed E-state index contributed by atoms with van der Waals surface area (Å²) >= 11 is 0. The quantitative estimate of drug-likeness (QED) is 0.492. The normalized spacial score (nSPS) is 19.4. The van der Waals surface area contributed by atoms with Gasteiger partial charge in [-0.2, -0.15) is 0 Å². The Balaban J connectivity index is 1.31. The third-order valence-corrected chi connectivity index (χ3v) is 6.14. The molecule has 1 heterocycles. The first-order chi connectivity index (χ1) is 14.6. The van der Waals surface area contributed by atoms with Crippen LogP contribution in [0.4, 0.5) is 11.4 Å². The fourth-order valence-electron chi connectivity index (χ4n) is 4.38. The second-order valence-corrected chi connectivity index (χ2v) is 8.38. The van der Waals surface area contributed by atoms with Crippen LogP contribution in [0.3, 0.4) is 0 Å². The maximum Gasteiger partial charge on any atom is 0.251 e. The molecule has 0 bridgehead atoms. The average Bonchev–Trinajstić information content (AvgIpc) is 3.22. The van der Waals surface area contributed by atoms with E-state index in [1.807, 2.05) is 24.3 Å². The molecule has 2 aliphatic rings. The topological polar surface area (TPSA) is 81.7 Å². The summed E-state index contributed by atoms with van der Waals surface area (Å²) in [7, 11) is 0. The lowest BCUT2D eigenvalue weighted by Gasteiger charge is -2.22. The van der Waals surface area contributed by atoms with E-state index in [9.17, 15) is 14.8 Å². The van der Waals surface area contributed by atoms with Crippen LogP contribution in [0.5, 0.6) is 0 Å². The summed E-state index contributed by atoms with van der Waals surface area (Å²) in [5.74, 6) is -0.355. The molecule has 3 N–H and O–H groups in total. The summed E-state index contributed by atoms with van der Waals surface area (Å²) in [6.07, 6.45) is 6.77. The molecule has 1 aliphatic heterocycles. The fraction of sp³-hybridized carbons (Fsp3) is 0.417. The highest BCUT2D eigenvalue weighted by Crippen LogP contribution is 2.33. The van der Waals surface area contributed by atoms with Crippen molar-refractivity contribution in [1.82, 2.24) is 10.4 Å². The molecular formula is C24H29N3O3. The van der Waals surface area contributed by atoms with Gasteiger partial charge in [0.05, 0.1) is 12.5 Å². The molecule has 2 aromatic carbocycles. The minimum absolute atomic E-state index is 0.0971. The molecule has 30 heavy (non-hydrogen) atoms. The summed E-state index contributed by atoms with van der Waals surface area (Å²) < 4.78 is 0. The van der Waals surface area contributed by atoms with Gasteiger partial charge in [-0.05, 0) is 54.2 Å². The molecule has 0 spiro atoms. The number of hydrogen-bond acceptors (Lipinski definition) is 4. The van der Waals surface area contributed by atoms with Crippen LogP contribution in [0.15, 0.2) is 48.5 Å². The number of anilines is 2. The van der Waals surface area contributed by atoms with Crippen molar-refractivity contribution in [2.45, 2.75) is 51.0 Å². The van der Waals surface area contributed by atoms with E-state index in [0.29, 0.717) is 11.0 Å². The van der Waals surface area contributed by atoms with Gasteiger partial charge < -0.3 is 10.6 Å². The number of benzene rings is 2. The zero-order valence-corrected chi connectivity index (χ0v) is 17.1. The monoisotopic (exact) mass is 407 g/mol.